The Balaban J connectivity index is 1.77. The molecule has 0 saturated heterocycles. The van der Waals surface area contributed by atoms with Crippen LogP contribution < -0.4 is 10.4 Å². The fraction of sp³-hybridized carbons (Fsp3) is 0.304. The van der Waals surface area contributed by atoms with Gasteiger partial charge in [0.1, 0.15) is 12.2 Å². The molecule has 0 amide bonds. The summed E-state index contributed by atoms with van der Waals surface area (Å²) in [6.07, 6.45) is -9.63. The number of aliphatic hydroxyl groups excluding tert-OH is 1. The maximum atomic E-state index is 14.4. The number of para-hydroxylation sites is 2. The van der Waals surface area contributed by atoms with Gasteiger partial charge in [0.2, 0.25) is 0 Å². The van der Waals surface area contributed by atoms with Crippen LogP contribution >= 0.6 is 11.6 Å². The van der Waals surface area contributed by atoms with Crippen molar-refractivity contribution >= 4 is 11.6 Å². The van der Waals surface area contributed by atoms with Gasteiger partial charge in [0.25, 0.3) is 0 Å². The average Bonchev–Trinajstić information content (AvgIpc) is 3.41. The van der Waals surface area contributed by atoms with Crippen molar-refractivity contribution in [2.75, 3.05) is 0 Å². The summed E-state index contributed by atoms with van der Waals surface area (Å²) in [6.45, 7) is -3.74. The van der Waals surface area contributed by atoms with Gasteiger partial charge in [-0.25, -0.2) is 23.5 Å². The highest BCUT2D eigenvalue weighted by Crippen LogP contribution is 2.28. The molecule has 1 N–H and O–H groups in total. The molecule has 0 fully saturated rings. The fourth-order valence-corrected chi connectivity index (χ4v) is 3.76. The third kappa shape index (κ3) is 6.25. The van der Waals surface area contributed by atoms with Gasteiger partial charge in [-0.15, -0.1) is 10.2 Å². The van der Waals surface area contributed by atoms with Crippen molar-refractivity contribution in [3.63, 3.8) is 0 Å². The van der Waals surface area contributed by atoms with Crippen LogP contribution in [0.3, 0.4) is 0 Å². The smallest absolute Gasteiger partial charge is 0.416 e. The normalized spacial score (nSPS) is 13.6. The van der Waals surface area contributed by atoms with E-state index in [4.69, 9.17) is 11.6 Å². The largest absolute Gasteiger partial charge is 0.433 e. The molecule has 4 rings (SSSR count). The molecular formula is C23H19ClF6N6O3. The summed E-state index contributed by atoms with van der Waals surface area (Å²) in [5.41, 5.74) is -0.890. The van der Waals surface area contributed by atoms with Gasteiger partial charge < -0.3 is 9.84 Å². The first-order chi connectivity index (χ1) is 18.3. The SMILES string of the molecule is CC(F)c1nc(Cn2nc(-c3ccc(Cl)cc3)n(CC(O)C(F)(F)F)c2=O)nn1-c1ccccc1OC(F)F. The summed E-state index contributed by atoms with van der Waals surface area (Å²) >= 11 is 5.88. The Hall–Kier alpha value is -3.85. The fourth-order valence-electron chi connectivity index (χ4n) is 3.63. The van der Waals surface area contributed by atoms with Crippen LogP contribution in [-0.2, 0) is 13.1 Å². The maximum Gasteiger partial charge on any atom is 0.416 e. The molecule has 208 valence electrons. The summed E-state index contributed by atoms with van der Waals surface area (Å²) in [6, 6.07) is 11.1. The Labute approximate surface area is 220 Å². The molecule has 2 heterocycles. The Bertz CT molecular complexity index is 1500. The molecule has 0 aliphatic heterocycles. The van der Waals surface area contributed by atoms with Crippen molar-refractivity contribution in [2.45, 2.75) is 45.1 Å². The highest BCUT2D eigenvalue weighted by molar-refractivity contribution is 6.30. The maximum absolute atomic E-state index is 14.4. The quantitative estimate of drug-likeness (QED) is 0.294. The van der Waals surface area contributed by atoms with Crippen LogP contribution in [0.25, 0.3) is 17.1 Å². The van der Waals surface area contributed by atoms with E-state index in [9.17, 15) is 36.2 Å². The molecule has 0 saturated carbocycles. The summed E-state index contributed by atoms with van der Waals surface area (Å²) in [7, 11) is 0. The van der Waals surface area contributed by atoms with Gasteiger partial charge in [0, 0.05) is 10.6 Å². The van der Waals surface area contributed by atoms with Crippen LogP contribution in [-0.4, -0.2) is 53.1 Å². The van der Waals surface area contributed by atoms with Crippen molar-refractivity contribution in [1.82, 2.24) is 29.1 Å². The number of hydrogen-bond acceptors (Lipinski definition) is 6. The third-order valence-corrected chi connectivity index (χ3v) is 5.64. The molecule has 0 aliphatic carbocycles. The molecule has 16 heteroatoms. The predicted octanol–water partition coefficient (Wildman–Crippen LogP) is 4.55. The number of rotatable bonds is 9. The number of nitrogens with zero attached hydrogens (tertiary/aromatic N) is 6. The molecule has 0 bridgehead atoms. The van der Waals surface area contributed by atoms with Crippen LogP contribution in [0, 0.1) is 0 Å². The second kappa shape index (κ2) is 11.1. The van der Waals surface area contributed by atoms with Gasteiger partial charge in [-0.1, -0.05) is 23.7 Å². The first kappa shape index (κ1) is 28.2. The molecular weight excluding hydrogens is 558 g/mol. The zero-order valence-corrected chi connectivity index (χ0v) is 20.6. The molecule has 9 nitrogen and oxygen atoms in total. The van der Waals surface area contributed by atoms with Crippen molar-refractivity contribution in [2.24, 2.45) is 0 Å². The molecule has 2 aromatic carbocycles. The van der Waals surface area contributed by atoms with Gasteiger partial charge in [-0.2, -0.15) is 22.0 Å². The molecule has 0 aliphatic rings. The van der Waals surface area contributed by atoms with Crippen LogP contribution in [0.5, 0.6) is 5.75 Å². The van der Waals surface area contributed by atoms with E-state index in [0.717, 1.165) is 16.3 Å². The molecule has 2 atom stereocenters. The third-order valence-electron chi connectivity index (χ3n) is 5.39. The van der Waals surface area contributed by atoms with Gasteiger partial charge in [-0.05, 0) is 43.3 Å². The number of benzene rings is 2. The average molecular weight is 577 g/mol. The lowest BCUT2D eigenvalue weighted by atomic mass is 10.2. The van der Waals surface area contributed by atoms with Crippen LogP contribution in [0.4, 0.5) is 26.3 Å². The molecule has 2 unspecified atom stereocenters. The second-order valence-electron chi connectivity index (χ2n) is 8.20. The van der Waals surface area contributed by atoms with Crippen molar-refractivity contribution in [3.05, 3.63) is 75.7 Å². The number of alkyl halides is 6. The zero-order valence-electron chi connectivity index (χ0n) is 19.9. The highest BCUT2D eigenvalue weighted by Gasteiger charge is 2.39. The van der Waals surface area contributed by atoms with E-state index in [1.807, 2.05) is 0 Å². The highest BCUT2D eigenvalue weighted by atomic mass is 35.5. The lowest BCUT2D eigenvalue weighted by molar-refractivity contribution is -0.207. The number of aromatic nitrogens is 6. The standard InChI is InChI=1S/C23H19ClF6N6O3/c1-12(25)19-31-18(32-36(19)15-4-2-3-5-16(15)39-21(26)27)11-35-22(38)34(10-17(37)23(28,29)30)20(33-35)13-6-8-14(24)9-7-13/h2-9,12,17,21,37H,10-11H2,1H3. The van der Waals surface area contributed by atoms with Crippen LogP contribution in [0.1, 0.15) is 24.7 Å². The van der Waals surface area contributed by atoms with Crippen molar-refractivity contribution in [3.8, 4) is 22.8 Å². The number of ether oxygens (including phenoxy) is 1. The van der Waals surface area contributed by atoms with Gasteiger partial charge in [-0.3, -0.25) is 4.57 Å². The topological polar surface area (TPSA) is 100.0 Å². The minimum atomic E-state index is -5.01. The summed E-state index contributed by atoms with van der Waals surface area (Å²) in [5.74, 6) is -1.05. The van der Waals surface area contributed by atoms with E-state index in [1.165, 1.54) is 48.5 Å². The van der Waals surface area contributed by atoms with Crippen molar-refractivity contribution in [1.29, 1.82) is 0 Å². The number of halogens is 7. The van der Waals surface area contributed by atoms with E-state index < -0.39 is 43.8 Å². The number of hydrogen-bond donors (Lipinski definition) is 1. The van der Waals surface area contributed by atoms with Gasteiger partial charge in [0.05, 0.1) is 6.54 Å². The van der Waals surface area contributed by atoms with E-state index in [0.29, 0.717) is 9.59 Å². The Kier molecular flexibility index (Phi) is 8.02. The van der Waals surface area contributed by atoms with E-state index in [1.54, 1.807) is 0 Å². The zero-order chi connectivity index (χ0) is 28.5. The van der Waals surface area contributed by atoms with E-state index in [2.05, 4.69) is 19.9 Å². The Morgan fingerprint density at radius 2 is 1.72 bits per heavy atom. The lowest BCUT2D eigenvalue weighted by Crippen LogP contribution is -2.37. The monoisotopic (exact) mass is 576 g/mol. The molecule has 0 radical (unpaired) electrons. The predicted molar refractivity (Wildman–Crippen MR) is 126 cm³/mol. The van der Waals surface area contributed by atoms with Crippen LogP contribution in [0.2, 0.25) is 5.02 Å². The summed E-state index contributed by atoms with van der Waals surface area (Å²) in [4.78, 5) is 17.1. The van der Waals surface area contributed by atoms with Gasteiger partial charge in [0.15, 0.2) is 35.5 Å². The van der Waals surface area contributed by atoms with E-state index in [-0.39, 0.29) is 34.5 Å². The van der Waals surface area contributed by atoms with Gasteiger partial charge >= 0.3 is 18.5 Å². The molecule has 0 spiro atoms. The molecule has 39 heavy (non-hydrogen) atoms. The Morgan fingerprint density at radius 3 is 2.33 bits per heavy atom. The molecule has 4 aromatic rings. The second-order valence-corrected chi connectivity index (χ2v) is 8.64. The summed E-state index contributed by atoms with van der Waals surface area (Å²) in [5, 5.41) is 18.1. The minimum absolute atomic E-state index is 0.0657. The Morgan fingerprint density at radius 1 is 1.05 bits per heavy atom. The van der Waals surface area contributed by atoms with Crippen molar-refractivity contribution < 1.29 is 36.2 Å². The van der Waals surface area contributed by atoms with E-state index >= 15 is 0 Å². The number of aliphatic hydroxyl groups is 1. The molecule has 2 aromatic heterocycles. The minimum Gasteiger partial charge on any atom is -0.433 e. The first-order valence-corrected chi connectivity index (χ1v) is 11.6. The summed E-state index contributed by atoms with van der Waals surface area (Å²) < 4.78 is 86.2. The lowest BCUT2D eigenvalue weighted by Gasteiger charge is -2.15. The van der Waals surface area contributed by atoms with Crippen LogP contribution in [0.15, 0.2) is 53.3 Å². The first-order valence-electron chi connectivity index (χ1n) is 11.2.